The average molecular weight is 280 g/mol. The Morgan fingerprint density at radius 2 is 2.05 bits per heavy atom. The van der Waals surface area contributed by atoms with Gasteiger partial charge in [0.1, 0.15) is 0 Å². The van der Waals surface area contributed by atoms with E-state index in [0.717, 1.165) is 6.42 Å². The lowest BCUT2D eigenvalue weighted by atomic mass is 10.4. The topological polar surface area (TPSA) is 111 Å². The van der Waals surface area contributed by atoms with Gasteiger partial charge in [-0.05, 0) is 13.3 Å². The summed E-state index contributed by atoms with van der Waals surface area (Å²) in [5, 5.41) is 3.08. The Morgan fingerprint density at radius 3 is 2.65 bits per heavy atom. The van der Waals surface area contributed by atoms with Gasteiger partial charge in [-0.2, -0.15) is 4.98 Å². The van der Waals surface area contributed by atoms with E-state index in [1.807, 2.05) is 13.8 Å². The third-order valence-electron chi connectivity index (χ3n) is 3.08. The highest BCUT2D eigenvalue weighted by Crippen LogP contribution is 2.15. The molecule has 0 fully saturated rings. The number of aromatic amines is 1. The maximum Gasteiger partial charge on any atom is 0.330 e. The second-order valence-corrected chi connectivity index (χ2v) is 4.48. The molecule has 2 aromatic heterocycles. The predicted octanol–water partition coefficient (Wildman–Crippen LogP) is -0.313. The van der Waals surface area contributed by atoms with Gasteiger partial charge in [0.15, 0.2) is 11.2 Å². The van der Waals surface area contributed by atoms with Crippen LogP contribution in [0.1, 0.15) is 20.3 Å². The van der Waals surface area contributed by atoms with Crippen molar-refractivity contribution in [3.05, 3.63) is 20.8 Å². The van der Waals surface area contributed by atoms with Crippen LogP contribution in [0.25, 0.3) is 11.2 Å². The third-order valence-corrected chi connectivity index (χ3v) is 3.08. The Bertz CT molecular complexity index is 711. The summed E-state index contributed by atoms with van der Waals surface area (Å²) < 4.78 is 3.26. The SMILES string of the molecule is CCCn1c(=O)[nH]c(=O)c2c1nc(NCCN)n2CC. The van der Waals surface area contributed by atoms with E-state index < -0.39 is 11.2 Å². The van der Waals surface area contributed by atoms with E-state index in [4.69, 9.17) is 5.73 Å². The van der Waals surface area contributed by atoms with Crippen molar-refractivity contribution in [2.24, 2.45) is 5.73 Å². The van der Waals surface area contributed by atoms with Crippen LogP contribution < -0.4 is 22.3 Å². The minimum absolute atomic E-state index is 0.410. The quantitative estimate of drug-likeness (QED) is 0.672. The van der Waals surface area contributed by atoms with Crippen molar-refractivity contribution in [2.45, 2.75) is 33.4 Å². The molecule has 8 heteroatoms. The molecule has 2 heterocycles. The van der Waals surface area contributed by atoms with Gasteiger partial charge in [-0.15, -0.1) is 0 Å². The Morgan fingerprint density at radius 1 is 1.30 bits per heavy atom. The molecule has 2 aromatic rings. The van der Waals surface area contributed by atoms with Crippen LogP contribution in [0.15, 0.2) is 9.59 Å². The summed E-state index contributed by atoms with van der Waals surface area (Å²) in [5.41, 5.74) is 5.48. The minimum atomic E-state index is -0.421. The molecule has 4 N–H and O–H groups in total. The van der Waals surface area contributed by atoms with Crippen molar-refractivity contribution in [2.75, 3.05) is 18.4 Å². The molecule has 0 atom stereocenters. The number of fused-ring (bicyclic) bond motifs is 1. The van der Waals surface area contributed by atoms with Crippen LogP contribution in [-0.4, -0.2) is 32.2 Å². The fraction of sp³-hybridized carbons (Fsp3) is 0.583. The summed E-state index contributed by atoms with van der Waals surface area (Å²) in [5.74, 6) is 0.564. The molecule has 0 bridgehead atoms. The molecular weight excluding hydrogens is 260 g/mol. The Hall–Kier alpha value is -2.09. The van der Waals surface area contributed by atoms with Crippen LogP contribution in [0.5, 0.6) is 0 Å². The van der Waals surface area contributed by atoms with Gasteiger partial charge in [-0.25, -0.2) is 4.79 Å². The van der Waals surface area contributed by atoms with Crippen LogP contribution in [0.2, 0.25) is 0 Å². The van der Waals surface area contributed by atoms with E-state index in [1.54, 1.807) is 4.57 Å². The molecule has 0 unspecified atom stereocenters. The van der Waals surface area contributed by atoms with Gasteiger partial charge in [0, 0.05) is 26.2 Å². The number of nitrogens with two attached hydrogens (primary N) is 1. The fourth-order valence-electron chi connectivity index (χ4n) is 2.23. The lowest BCUT2D eigenvalue weighted by Gasteiger charge is -2.06. The van der Waals surface area contributed by atoms with Crippen molar-refractivity contribution in [3.63, 3.8) is 0 Å². The monoisotopic (exact) mass is 280 g/mol. The lowest BCUT2D eigenvalue weighted by Crippen LogP contribution is -2.31. The highest BCUT2D eigenvalue weighted by Gasteiger charge is 2.16. The molecule has 0 aliphatic heterocycles. The van der Waals surface area contributed by atoms with E-state index in [0.29, 0.717) is 43.3 Å². The maximum absolute atomic E-state index is 12.0. The summed E-state index contributed by atoms with van der Waals surface area (Å²) >= 11 is 0. The molecule has 0 amide bonds. The van der Waals surface area contributed by atoms with Gasteiger partial charge in [0.05, 0.1) is 0 Å². The fourth-order valence-corrected chi connectivity index (χ4v) is 2.23. The highest BCUT2D eigenvalue weighted by atomic mass is 16.2. The van der Waals surface area contributed by atoms with Crippen LogP contribution in [0.3, 0.4) is 0 Å². The zero-order chi connectivity index (χ0) is 14.7. The Balaban J connectivity index is 2.74. The van der Waals surface area contributed by atoms with Crippen molar-refractivity contribution >= 4 is 17.1 Å². The molecule has 0 radical (unpaired) electrons. The van der Waals surface area contributed by atoms with E-state index in [9.17, 15) is 9.59 Å². The molecule has 0 aliphatic carbocycles. The Kier molecular flexibility index (Phi) is 4.23. The zero-order valence-electron chi connectivity index (χ0n) is 11.8. The smallest absolute Gasteiger partial charge is 0.330 e. The molecular formula is C12H20N6O2. The van der Waals surface area contributed by atoms with Gasteiger partial charge in [0.25, 0.3) is 5.56 Å². The summed E-state index contributed by atoms with van der Waals surface area (Å²) in [6, 6.07) is 0. The molecule has 110 valence electrons. The average Bonchev–Trinajstić information content (AvgIpc) is 2.79. The summed E-state index contributed by atoms with van der Waals surface area (Å²) in [6.45, 7) is 6.00. The first-order chi connectivity index (χ1) is 9.63. The molecule has 0 saturated carbocycles. The molecule has 20 heavy (non-hydrogen) atoms. The van der Waals surface area contributed by atoms with Crippen molar-refractivity contribution in [1.82, 2.24) is 19.1 Å². The number of hydrogen-bond donors (Lipinski definition) is 3. The molecule has 0 aliphatic rings. The molecule has 2 rings (SSSR count). The number of anilines is 1. The predicted molar refractivity (Wildman–Crippen MR) is 78.1 cm³/mol. The van der Waals surface area contributed by atoms with Crippen LogP contribution in [-0.2, 0) is 13.1 Å². The number of aryl methyl sites for hydroxylation is 2. The number of nitrogens with zero attached hydrogens (tertiary/aromatic N) is 3. The Labute approximate surface area is 115 Å². The number of nitrogens with one attached hydrogen (secondary N) is 2. The van der Waals surface area contributed by atoms with Gasteiger partial charge in [-0.3, -0.25) is 14.3 Å². The van der Waals surface area contributed by atoms with Gasteiger partial charge >= 0.3 is 5.69 Å². The highest BCUT2D eigenvalue weighted by molar-refractivity contribution is 5.74. The van der Waals surface area contributed by atoms with Gasteiger partial charge in [-0.1, -0.05) is 6.92 Å². The summed E-state index contributed by atoms with van der Waals surface area (Å²) in [6.07, 6.45) is 0.783. The van der Waals surface area contributed by atoms with Crippen LogP contribution in [0, 0.1) is 0 Å². The van der Waals surface area contributed by atoms with Crippen molar-refractivity contribution in [3.8, 4) is 0 Å². The molecule has 0 saturated heterocycles. The number of aromatic nitrogens is 4. The second kappa shape index (κ2) is 5.91. The van der Waals surface area contributed by atoms with Crippen molar-refractivity contribution < 1.29 is 0 Å². The lowest BCUT2D eigenvalue weighted by molar-refractivity contribution is 0.651. The van der Waals surface area contributed by atoms with Crippen LogP contribution in [0.4, 0.5) is 5.95 Å². The van der Waals surface area contributed by atoms with Gasteiger partial charge < -0.3 is 15.6 Å². The van der Waals surface area contributed by atoms with E-state index in [1.165, 1.54) is 4.57 Å². The van der Waals surface area contributed by atoms with Crippen LogP contribution >= 0.6 is 0 Å². The maximum atomic E-state index is 12.0. The second-order valence-electron chi connectivity index (χ2n) is 4.48. The first kappa shape index (κ1) is 14.3. The normalized spacial score (nSPS) is 11.2. The number of H-pyrrole nitrogens is 1. The standard InChI is InChI=1S/C12H20N6O2/c1-3-7-18-9-8(10(19)16-12(18)20)17(4-2)11(15-9)14-6-5-13/h3-7,13H2,1-2H3,(H,14,15)(H,16,19,20). The third kappa shape index (κ3) is 2.34. The summed E-state index contributed by atoms with van der Waals surface area (Å²) in [4.78, 5) is 30.7. The van der Waals surface area contributed by atoms with E-state index in [-0.39, 0.29) is 0 Å². The summed E-state index contributed by atoms with van der Waals surface area (Å²) in [7, 11) is 0. The number of hydrogen-bond acceptors (Lipinski definition) is 5. The number of imidazole rings is 1. The molecule has 0 aromatic carbocycles. The number of rotatable bonds is 6. The van der Waals surface area contributed by atoms with E-state index >= 15 is 0 Å². The van der Waals surface area contributed by atoms with Crippen molar-refractivity contribution in [1.29, 1.82) is 0 Å². The van der Waals surface area contributed by atoms with E-state index in [2.05, 4.69) is 15.3 Å². The molecule has 8 nitrogen and oxygen atoms in total. The first-order valence-corrected chi connectivity index (χ1v) is 6.81. The molecule has 0 spiro atoms. The van der Waals surface area contributed by atoms with Gasteiger partial charge in [0.2, 0.25) is 5.95 Å². The zero-order valence-corrected chi connectivity index (χ0v) is 11.8. The minimum Gasteiger partial charge on any atom is -0.354 e. The first-order valence-electron chi connectivity index (χ1n) is 6.81. The largest absolute Gasteiger partial charge is 0.354 e.